The highest BCUT2D eigenvalue weighted by molar-refractivity contribution is 7.18. The zero-order valence-corrected chi connectivity index (χ0v) is 23.7. The monoisotopic (exact) mass is 566 g/mol. The molecule has 1 aliphatic carbocycles. The molecule has 2 atom stereocenters. The van der Waals surface area contributed by atoms with E-state index in [0.29, 0.717) is 23.8 Å². The fraction of sp³-hybridized carbons (Fsp3) is 0.303. The fourth-order valence-corrected chi connectivity index (χ4v) is 7.11. The number of aromatic nitrogens is 3. The van der Waals surface area contributed by atoms with E-state index in [1.165, 1.54) is 15.8 Å². The SMILES string of the molecule is CCOc1ccc(-c2nn(-c3ccccc3)cc2C2CC2C(=O)N2CCC(c3nc4ccccc4s3)CC2)cc1F. The van der Waals surface area contributed by atoms with Gasteiger partial charge < -0.3 is 9.64 Å². The van der Waals surface area contributed by atoms with Gasteiger partial charge in [0.25, 0.3) is 0 Å². The Morgan fingerprint density at radius 2 is 1.83 bits per heavy atom. The molecule has 0 bridgehead atoms. The Labute approximate surface area is 242 Å². The van der Waals surface area contributed by atoms with Gasteiger partial charge in [0.15, 0.2) is 11.6 Å². The second-order valence-corrected chi connectivity index (χ2v) is 11.9. The summed E-state index contributed by atoms with van der Waals surface area (Å²) in [6, 6.07) is 23.1. The molecule has 7 rings (SSSR count). The third-order valence-corrected chi connectivity index (χ3v) is 9.44. The molecule has 0 spiro atoms. The number of hydrogen-bond donors (Lipinski definition) is 0. The third kappa shape index (κ3) is 5.01. The standard InChI is InChI=1S/C33H31FN4O2S/c1-2-40-29-13-12-22(18-27(29)34)31-26(20-38(36-31)23-8-4-3-5-9-23)24-19-25(24)33(39)37-16-14-21(15-17-37)32-35-28-10-6-7-11-30(28)41-32/h3-13,18,20-21,24-25H,2,14-17,19H2,1H3. The Kier molecular flexibility index (Phi) is 6.79. The molecule has 2 fully saturated rings. The summed E-state index contributed by atoms with van der Waals surface area (Å²) in [6.07, 6.45) is 4.66. The lowest BCUT2D eigenvalue weighted by atomic mass is 9.97. The lowest BCUT2D eigenvalue weighted by Gasteiger charge is -2.31. The number of ether oxygens (including phenoxy) is 1. The number of rotatable bonds is 7. The Morgan fingerprint density at radius 3 is 2.59 bits per heavy atom. The number of para-hydroxylation sites is 2. The number of benzene rings is 3. The molecule has 1 aliphatic heterocycles. The predicted molar refractivity (Wildman–Crippen MR) is 159 cm³/mol. The molecular formula is C33H31FN4O2S. The number of carbonyl (C=O) groups excluding carboxylic acids is 1. The first-order valence-electron chi connectivity index (χ1n) is 14.3. The number of halogens is 1. The number of carbonyl (C=O) groups is 1. The van der Waals surface area contributed by atoms with Crippen LogP contribution < -0.4 is 4.74 Å². The van der Waals surface area contributed by atoms with Crippen molar-refractivity contribution >= 4 is 27.5 Å². The second kappa shape index (κ2) is 10.7. The molecule has 3 heterocycles. The van der Waals surface area contributed by atoms with Crippen LogP contribution in [0.25, 0.3) is 27.2 Å². The fourth-order valence-electron chi connectivity index (χ4n) is 5.97. The summed E-state index contributed by atoms with van der Waals surface area (Å²) in [5.74, 6) is 0.420. The summed E-state index contributed by atoms with van der Waals surface area (Å²) >= 11 is 1.78. The third-order valence-electron chi connectivity index (χ3n) is 8.24. The maximum Gasteiger partial charge on any atom is 0.226 e. The van der Waals surface area contributed by atoms with Crippen LogP contribution in [0.4, 0.5) is 4.39 Å². The predicted octanol–water partition coefficient (Wildman–Crippen LogP) is 7.20. The number of hydrogen-bond acceptors (Lipinski definition) is 5. The summed E-state index contributed by atoms with van der Waals surface area (Å²) in [5, 5.41) is 6.06. The lowest BCUT2D eigenvalue weighted by molar-refractivity contribution is -0.133. The van der Waals surface area contributed by atoms with E-state index < -0.39 is 5.82 Å². The van der Waals surface area contributed by atoms with Crippen LogP contribution in [-0.2, 0) is 4.79 Å². The van der Waals surface area contributed by atoms with Crippen LogP contribution in [0, 0.1) is 11.7 Å². The normalized spacial score (nSPS) is 19.0. The van der Waals surface area contributed by atoms with E-state index in [0.717, 1.165) is 49.1 Å². The zero-order chi connectivity index (χ0) is 27.9. The Balaban J connectivity index is 1.09. The molecule has 3 aromatic carbocycles. The highest BCUT2D eigenvalue weighted by atomic mass is 32.1. The smallest absolute Gasteiger partial charge is 0.226 e. The van der Waals surface area contributed by atoms with Crippen molar-refractivity contribution in [2.24, 2.45) is 5.92 Å². The highest BCUT2D eigenvalue weighted by Gasteiger charge is 2.48. The number of thiazole rings is 1. The van der Waals surface area contributed by atoms with Crippen molar-refractivity contribution in [2.75, 3.05) is 19.7 Å². The van der Waals surface area contributed by atoms with E-state index in [9.17, 15) is 9.18 Å². The average Bonchev–Trinajstić information content (AvgIpc) is 3.47. The van der Waals surface area contributed by atoms with E-state index in [2.05, 4.69) is 18.2 Å². The van der Waals surface area contributed by atoms with Gasteiger partial charge in [-0.15, -0.1) is 11.3 Å². The van der Waals surface area contributed by atoms with Crippen molar-refractivity contribution in [1.82, 2.24) is 19.7 Å². The van der Waals surface area contributed by atoms with Gasteiger partial charge >= 0.3 is 0 Å². The molecule has 5 aromatic rings. The second-order valence-electron chi connectivity index (χ2n) is 10.9. The first-order valence-corrected chi connectivity index (χ1v) is 15.1. The van der Waals surface area contributed by atoms with Crippen LogP contribution in [-0.4, -0.2) is 45.3 Å². The van der Waals surface area contributed by atoms with Gasteiger partial charge in [0.1, 0.15) is 0 Å². The summed E-state index contributed by atoms with van der Waals surface area (Å²) in [5.41, 5.74) is 4.37. The molecule has 41 heavy (non-hydrogen) atoms. The summed E-state index contributed by atoms with van der Waals surface area (Å²) in [6.45, 7) is 3.74. The minimum Gasteiger partial charge on any atom is -0.491 e. The van der Waals surface area contributed by atoms with Gasteiger partial charge in [-0.25, -0.2) is 14.1 Å². The van der Waals surface area contributed by atoms with Gasteiger partial charge in [-0.3, -0.25) is 4.79 Å². The molecule has 6 nitrogen and oxygen atoms in total. The van der Waals surface area contributed by atoms with E-state index in [-0.39, 0.29) is 23.5 Å². The minimum atomic E-state index is -0.413. The molecule has 2 aromatic heterocycles. The van der Waals surface area contributed by atoms with Gasteiger partial charge in [-0.05, 0) is 68.7 Å². The largest absolute Gasteiger partial charge is 0.491 e. The van der Waals surface area contributed by atoms with Gasteiger partial charge in [-0.2, -0.15) is 5.10 Å². The molecule has 208 valence electrons. The van der Waals surface area contributed by atoms with Crippen LogP contribution in [0.5, 0.6) is 5.75 Å². The van der Waals surface area contributed by atoms with Crippen LogP contribution in [0.3, 0.4) is 0 Å². The molecule has 0 N–H and O–H groups in total. The summed E-state index contributed by atoms with van der Waals surface area (Å²) < 4.78 is 23.3. The van der Waals surface area contributed by atoms with Crippen molar-refractivity contribution in [3.8, 4) is 22.7 Å². The number of likely N-dealkylation sites (tertiary alicyclic amines) is 1. The minimum absolute atomic E-state index is 0.0616. The maximum absolute atomic E-state index is 14.8. The Morgan fingerprint density at radius 1 is 1.05 bits per heavy atom. The van der Waals surface area contributed by atoms with Crippen molar-refractivity contribution in [2.45, 2.75) is 38.0 Å². The van der Waals surface area contributed by atoms with Crippen LogP contribution in [0.15, 0.2) is 79.0 Å². The average molecular weight is 567 g/mol. The molecule has 0 radical (unpaired) electrons. The van der Waals surface area contributed by atoms with Crippen LogP contribution >= 0.6 is 11.3 Å². The lowest BCUT2D eigenvalue weighted by Crippen LogP contribution is -2.39. The molecule has 1 amide bonds. The van der Waals surface area contributed by atoms with E-state index in [4.69, 9.17) is 14.8 Å². The molecule has 1 saturated carbocycles. The zero-order valence-electron chi connectivity index (χ0n) is 22.9. The Hall–Kier alpha value is -4.04. The van der Waals surface area contributed by atoms with Crippen LogP contribution in [0.2, 0.25) is 0 Å². The number of piperidine rings is 1. The quantitative estimate of drug-likeness (QED) is 0.209. The van der Waals surface area contributed by atoms with Crippen molar-refractivity contribution in [1.29, 1.82) is 0 Å². The number of nitrogens with zero attached hydrogens (tertiary/aromatic N) is 4. The molecule has 8 heteroatoms. The molecule has 1 saturated heterocycles. The van der Waals surface area contributed by atoms with Crippen molar-refractivity contribution in [3.05, 3.63) is 95.4 Å². The first kappa shape index (κ1) is 25.9. The maximum atomic E-state index is 14.8. The Bertz CT molecular complexity index is 1670. The number of fused-ring (bicyclic) bond motifs is 1. The summed E-state index contributed by atoms with van der Waals surface area (Å²) in [4.78, 5) is 20.5. The summed E-state index contributed by atoms with van der Waals surface area (Å²) in [7, 11) is 0. The van der Waals surface area contributed by atoms with Gasteiger partial charge in [0.2, 0.25) is 5.91 Å². The molecular weight excluding hydrogens is 535 g/mol. The van der Waals surface area contributed by atoms with E-state index in [1.54, 1.807) is 17.4 Å². The number of amides is 1. The topological polar surface area (TPSA) is 60.3 Å². The van der Waals surface area contributed by atoms with Gasteiger partial charge in [-0.1, -0.05) is 30.3 Å². The van der Waals surface area contributed by atoms with Crippen molar-refractivity contribution in [3.63, 3.8) is 0 Å². The van der Waals surface area contributed by atoms with Crippen LogP contribution in [0.1, 0.15) is 48.6 Å². The van der Waals surface area contributed by atoms with E-state index >= 15 is 0 Å². The van der Waals surface area contributed by atoms with Gasteiger partial charge in [0, 0.05) is 48.2 Å². The van der Waals surface area contributed by atoms with Gasteiger partial charge in [0.05, 0.1) is 33.2 Å². The highest BCUT2D eigenvalue weighted by Crippen LogP contribution is 2.52. The molecule has 2 aliphatic rings. The van der Waals surface area contributed by atoms with Crippen molar-refractivity contribution < 1.29 is 13.9 Å². The first-order chi connectivity index (χ1) is 20.1. The van der Waals surface area contributed by atoms with E-state index in [1.807, 2.05) is 65.2 Å². The molecule has 2 unspecified atom stereocenters.